The number of ether oxygens (including phenoxy) is 1. The van der Waals surface area contributed by atoms with Crippen LogP contribution in [0.15, 0.2) is 0 Å². The molecule has 3 heteroatoms. The van der Waals surface area contributed by atoms with E-state index in [0.29, 0.717) is 5.75 Å². The van der Waals surface area contributed by atoms with Gasteiger partial charge in [0.1, 0.15) is 5.60 Å². The van der Waals surface area contributed by atoms with E-state index in [-0.39, 0.29) is 22.5 Å². The van der Waals surface area contributed by atoms with Crippen molar-refractivity contribution in [2.24, 2.45) is 0 Å². The number of hydrogen-bond acceptors (Lipinski definition) is 2. The van der Waals surface area contributed by atoms with Gasteiger partial charge < -0.3 is 4.74 Å². The molecule has 0 amide bonds. The number of carbonyl (C=O) groups is 1. The molecule has 0 radical (unpaired) electrons. The third-order valence-electron chi connectivity index (χ3n) is 2.22. The average molecular weight is 218 g/mol. The highest BCUT2D eigenvalue weighted by Crippen LogP contribution is 2.33. The zero-order valence-corrected chi connectivity index (χ0v) is 10.4. The van der Waals surface area contributed by atoms with Gasteiger partial charge in [-0.1, -0.05) is 6.42 Å². The third kappa shape index (κ3) is 4.89. The molecule has 0 aliphatic carbocycles. The fraction of sp³-hybridized carbons (Fsp3) is 0.909. The van der Waals surface area contributed by atoms with Crippen molar-refractivity contribution in [3.63, 3.8) is 0 Å². The van der Waals surface area contributed by atoms with Gasteiger partial charge in [-0.15, -0.1) is 0 Å². The van der Waals surface area contributed by atoms with Crippen molar-refractivity contribution in [1.82, 2.24) is 0 Å². The Morgan fingerprint density at radius 3 is 2.29 bits per heavy atom. The van der Waals surface area contributed by atoms with Crippen molar-refractivity contribution in [3.8, 4) is 0 Å². The van der Waals surface area contributed by atoms with Gasteiger partial charge in [0.15, 0.2) is 0 Å². The summed E-state index contributed by atoms with van der Waals surface area (Å²) in [4.78, 5) is 11.5. The van der Waals surface area contributed by atoms with Crippen molar-refractivity contribution < 1.29 is 9.53 Å². The first kappa shape index (κ1) is 11.9. The highest BCUT2D eigenvalue weighted by atomic mass is 32.2. The standard InChI is InChI=1S/C11H22O2S/c1-11(2,3)13-10(12)9-14-7-5-4-6-8-14/h14H,4-9H2,1-3H3. The van der Waals surface area contributed by atoms with Gasteiger partial charge in [0.05, 0.1) is 5.75 Å². The van der Waals surface area contributed by atoms with Crippen LogP contribution in [0.2, 0.25) is 0 Å². The molecular weight excluding hydrogens is 196 g/mol. The summed E-state index contributed by atoms with van der Waals surface area (Å²) >= 11 is 0. The Kier molecular flexibility index (Phi) is 4.30. The van der Waals surface area contributed by atoms with Gasteiger partial charge in [-0.2, -0.15) is 0 Å². The molecule has 1 fully saturated rings. The summed E-state index contributed by atoms with van der Waals surface area (Å²) in [5.74, 6) is 3.24. The largest absolute Gasteiger partial charge is 0.459 e. The summed E-state index contributed by atoms with van der Waals surface area (Å²) in [6.45, 7) is 5.79. The number of thiol groups is 1. The van der Waals surface area contributed by atoms with Crippen molar-refractivity contribution >= 4 is 16.9 Å². The van der Waals surface area contributed by atoms with Crippen molar-refractivity contribution in [2.45, 2.75) is 45.6 Å². The fourth-order valence-electron chi connectivity index (χ4n) is 1.67. The van der Waals surface area contributed by atoms with E-state index in [1.54, 1.807) is 0 Å². The molecule has 0 atom stereocenters. The summed E-state index contributed by atoms with van der Waals surface area (Å²) < 4.78 is 5.32. The minimum Gasteiger partial charge on any atom is -0.459 e. The van der Waals surface area contributed by atoms with E-state index in [1.807, 2.05) is 20.8 Å². The monoisotopic (exact) mass is 218 g/mol. The van der Waals surface area contributed by atoms with Crippen LogP contribution in [0, 0.1) is 0 Å². The molecule has 0 saturated carbocycles. The predicted molar refractivity (Wildman–Crippen MR) is 63.3 cm³/mol. The Labute approximate surface area is 89.7 Å². The first-order valence-electron chi connectivity index (χ1n) is 5.41. The van der Waals surface area contributed by atoms with Gasteiger partial charge in [-0.05, 0) is 45.1 Å². The topological polar surface area (TPSA) is 26.3 Å². The van der Waals surface area contributed by atoms with Crippen LogP contribution in [0.1, 0.15) is 40.0 Å². The molecule has 1 saturated heterocycles. The Morgan fingerprint density at radius 1 is 1.21 bits per heavy atom. The summed E-state index contributed by atoms with van der Waals surface area (Å²) in [6, 6.07) is 0. The van der Waals surface area contributed by atoms with Gasteiger partial charge in [0, 0.05) is 0 Å². The molecule has 84 valence electrons. The van der Waals surface area contributed by atoms with Gasteiger partial charge >= 0.3 is 5.97 Å². The molecule has 0 aromatic heterocycles. The lowest BCUT2D eigenvalue weighted by atomic mass is 10.2. The number of rotatable bonds is 2. The Balaban J connectivity index is 2.25. The normalized spacial score (nSPS) is 20.6. The molecule has 2 nitrogen and oxygen atoms in total. The van der Waals surface area contributed by atoms with Gasteiger partial charge in [0.25, 0.3) is 0 Å². The van der Waals surface area contributed by atoms with Gasteiger partial charge in [0.2, 0.25) is 0 Å². The lowest BCUT2D eigenvalue weighted by Crippen LogP contribution is -2.26. The highest BCUT2D eigenvalue weighted by molar-refractivity contribution is 8.17. The van der Waals surface area contributed by atoms with E-state index in [2.05, 4.69) is 0 Å². The maximum atomic E-state index is 11.5. The number of carbonyl (C=O) groups excluding carboxylic acids is 1. The van der Waals surface area contributed by atoms with E-state index in [1.165, 1.54) is 30.8 Å². The minimum absolute atomic E-state index is 0.00510. The summed E-state index contributed by atoms with van der Waals surface area (Å²) in [5.41, 5.74) is -0.317. The first-order chi connectivity index (χ1) is 6.47. The van der Waals surface area contributed by atoms with E-state index in [0.717, 1.165) is 0 Å². The fourth-order valence-corrected chi connectivity index (χ4v) is 3.99. The molecule has 0 N–H and O–H groups in total. The van der Waals surface area contributed by atoms with Crippen LogP contribution in [-0.2, 0) is 9.53 Å². The SMILES string of the molecule is CC(C)(C)OC(=O)C[SH]1CCCCC1. The van der Waals surface area contributed by atoms with Crippen LogP contribution in [0.5, 0.6) is 0 Å². The smallest absolute Gasteiger partial charge is 0.314 e. The summed E-state index contributed by atoms with van der Waals surface area (Å²) in [5, 5.41) is 0. The van der Waals surface area contributed by atoms with Crippen LogP contribution >= 0.6 is 10.9 Å². The maximum Gasteiger partial charge on any atom is 0.314 e. The molecule has 1 aliphatic rings. The minimum atomic E-state index is -0.317. The molecule has 0 aromatic rings. The van der Waals surface area contributed by atoms with E-state index in [9.17, 15) is 4.79 Å². The zero-order chi connectivity index (χ0) is 10.6. The molecular formula is C11H22O2S. The molecule has 1 heterocycles. The number of hydrogen-bond donors (Lipinski definition) is 1. The van der Waals surface area contributed by atoms with Crippen molar-refractivity contribution in [2.75, 3.05) is 17.3 Å². The van der Waals surface area contributed by atoms with Crippen LogP contribution in [0.4, 0.5) is 0 Å². The third-order valence-corrected chi connectivity index (χ3v) is 4.82. The van der Waals surface area contributed by atoms with Crippen molar-refractivity contribution in [3.05, 3.63) is 0 Å². The van der Waals surface area contributed by atoms with Crippen LogP contribution < -0.4 is 0 Å². The Morgan fingerprint density at radius 2 is 1.79 bits per heavy atom. The van der Waals surface area contributed by atoms with Crippen LogP contribution in [-0.4, -0.2) is 28.8 Å². The molecule has 14 heavy (non-hydrogen) atoms. The summed E-state index contributed by atoms with van der Waals surface area (Å²) in [7, 11) is -0.0387. The maximum absolute atomic E-state index is 11.5. The second-order valence-electron chi connectivity index (χ2n) is 4.92. The zero-order valence-electron chi connectivity index (χ0n) is 9.51. The predicted octanol–water partition coefficient (Wildman–Crippen LogP) is 2.51. The number of esters is 1. The molecule has 0 aromatic carbocycles. The molecule has 0 spiro atoms. The average Bonchev–Trinajstić information content (AvgIpc) is 2.02. The Hall–Kier alpha value is -0.180. The Bertz CT molecular complexity index is 190. The first-order valence-corrected chi connectivity index (χ1v) is 7.31. The van der Waals surface area contributed by atoms with Crippen molar-refractivity contribution in [1.29, 1.82) is 0 Å². The quantitative estimate of drug-likeness (QED) is 0.569. The van der Waals surface area contributed by atoms with E-state index < -0.39 is 0 Å². The highest BCUT2D eigenvalue weighted by Gasteiger charge is 2.19. The second-order valence-corrected chi connectivity index (χ2v) is 7.48. The molecule has 0 bridgehead atoms. The van der Waals surface area contributed by atoms with E-state index >= 15 is 0 Å². The van der Waals surface area contributed by atoms with Gasteiger partial charge in [-0.25, -0.2) is 10.9 Å². The van der Waals surface area contributed by atoms with Gasteiger partial charge in [-0.3, -0.25) is 4.79 Å². The van der Waals surface area contributed by atoms with Crippen LogP contribution in [0.25, 0.3) is 0 Å². The lowest BCUT2D eigenvalue weighted by molar-refractivity contribution is -0.151. The molecule has 0 unspecified atom stereocenters. The van der Waals surface area contributed by atoms with E-state index in [4.69, 9.17) is 4.74 Å². The molecule has 1 rings (SSSR count). The summed E-state index contributed by atoms with van der Waals surface area (Å²) in [6.07, 6.45) is 3.98. The lowest BCUT2D eigenvalue weighted by Gasteiger charge is -2.27. The second kappa shape index (κ2) is 5.06. The van der Waals surface area contributed by atoms with Crippen LogP contribution in [0.3, 0.4) is 0 Å². The molecule has 1 aliphatic heterocycles.